The first-order valence-electron chi connectivity index (χ1n) is 9.33. The van der Waals surface area contributed by atoms with E-state index in [1.165, 1.54) is 0 Å². The lowest BCUT2D eigenvalue weighted by Gasteiger charge is -2.11. The molecule has 3 heteroatoms. The quantitative estimate of drug-likeness (QED) is 0.363. The molecule has 5 rings (SSSR count). The zero-order valence-corrected chi connectivity index (χ0v) is 15.6. The van der Waals surface area contributed by atoms with Crippen LogP contribution in [0.5, 0.6) is 5.75 Å². The normalized spacial score (nSPS) is 11.2. The molecule has 0 atom stereocenters. The fourth-order valence-corrected chi connectivity index (χ4v) is 3.39. The van der Waals surface area contributed by atoms with Crippen LogP contribution < -0.4 is 4.74 Å². The van der Waals surface area contributed by atoms with Crippen LogP contribution in [0.25, 0.3) is 33.3 Å². The van der Waals surface area contributed by atoms with E-state index < -0.39 is 0 Å². The number of fused-ring (bicyclic) bond motifs is 2. The van der Waals surface area contributed by atoms with Gasteiger partial charge >= 0.3 is 0 Å². The molecule has 0 spiro atoms. The SMILES string of the molecule is Cc1ccc2nc(-c3cc4ccccc4cc3OCc3ccccc3)oc2c1. The van der Waals surface area contributed by atoms with Crippen molar-refractivity contribution in [2.24, 2.45) is 0 Å². The predicted molar refractivity (Wildman–Crippen MR) is 112 cm³/mol. The van der Waals surface area contributed by atoms with Crippen molar-refractivity contribution in [3.63, 3.8) is 0 Å². The Bertz CT molecular complexity index is 1270. The Kier molecular flexibility index (Phi) is 4.06. The van der Waals surface area contributed by atoms with Crippen LogP contribution in [0.1, 0.15) is 11.1 Å². The third-order valence-electron chi connectivity index (χ3n) is 4.86. The maximum atomic E-state index is 6.21. The lowest BCUT2D eigenvalue weighted by molar-refractivity contribution is 0.307. The number of benzene rings is 4. The Morgan fingerprint density at radius 2 is 1.57 bits per heavy atom. The van der Waals surface area contributed by atoms with Gasteiger partial charge in [0.1, 0.15) is 17.9 Å². The van der Waals surface area contributed by atoms with Gasteiger partial charge in [-0.1, -0.05) is 60.7 Å². The van der Waals surface area contributed by atoms with Gasteiger partial charge in [0.25, 0.3) is 0 Å². The fourth-order valence-electron chi connectivity index (χ4n) is 3.39. The minimum atomic E-state index is 0.492. The van der Waals surface area contributed by atoms with Gasteiger partial charge in [0.2, 0.25) is 5.89 Å². The summed E-state index contributed by atoms with van der Waals surface area (Å²) in [6.07, 6.45) is 0. The van der Waals surface area contributed by atoms with Crippen molar-refractivity contribution in [3.8, 4) is 17.2 Å². The van der Waals surface area contributed by atoms with Gasteiger partial charge in [0.05, 0.1) is 5.56 Å². The van der Waals surface area contributed by atoms with Crippen molar-refractivity contribution in [3.05, 3.63) is 96.1 Å². The molecule has 136 valence electrons. The Labute approximate surface area is 163 Å². The van der Waals surface area contributed by atoms with E-state index in [4.69, 9.17) is 14.1 Å². The summed E-state index contributed by atoms with van der Waals surface area (Å²) in [6.45, 7) is 2.54. The lowest BCUT2D eigenvalue weighted by Crippen LogP contribution is -1.97. The molecule has 0 aliphatic carbocycles. The van der Waals surface area contributed by atoms with E-state index >= 15 is 0 Å². The highest BCUT2D eigenvalue weighted by molar-refractivity contribution is 5.90. The van der Waals surface area contributed by atoms with Crippen LogP contribution in [-0.4, -0.2) is 4.98 Å². The molecule has 0 unspecified atom stereocenters. The molecule has 0 radical (unpaired) electrons. The minimum Gasteiger partial charge on any atom is -0.488 e. The van der Waals surface area contributed by atoms with Crippen molar-refractivity contribution < 1.29 is 9.15 Å². The molecule has 1 aromatic heterocycles. The van der Waals surface area contributed by atoms with Gasteiger partial charge in [-0.3, -0.25) is 0 Å². The van der Waals surface area contributed by atoms with Crippen LogP contribution in [0, 0.1) is 6.92 Å². The fraction of sp³-hybridized carbons (Fsp3) is 0.0800. The third kappa shape index (κ3) is 3.12. The average Bonchev–Trinajstić information content (AvgIpc) is 3.15. The highest BCUT2D eigenvalue weighted by atomic mass is 16.5. The van der Waals surface area contributed by atoms with Crippen LogP contribution in [0.3, 0.4) is 0 Å². The third-order valence-corrected chi connectivity index (χ3v) is 4.86. The van der Waals surface area contributed by atoms with Crippen molar-refractivity contribution in [2.45, 2.75) is 13.5 Å². The van der Waals surface area contributed by atoms with Crippen molar-refractivity contribution in [1.82, 2.24) is 4.98 Å². The van der Waals surface area contributed by atoms with E-state index in [1.54, 1.807) is 0 Å². The molecule has 0 saturated carbocycles. The molecule has 1 heterocycles. The van der Waals surface area contributed by atoms with E-state index in [-0.39, 0.29) is 0 Å². The second-order valence-corrected chi connectivity index (χ2v) is 6.96. The maximum Gasteiger partial charge on any atom is 0.231 e. The van der Waals surface area contributed by atoms with Crippen LogP contribution in [0.15, 0.2) is 89.3 Å². The first kappa shape index (κ1) is 16.6. The summed E-state index contributed by atoms with van der Waals surface area (Å²) in [7, 11) is 0. The van der Waals surface area contributed by atoms with Crippen LogP contribution >= 0.6 is 0 Å². The van der Waals surface area contributed by atoms with Crippen molar-refractivity contribution in [1.29, 1.82) is 0 Å². The van der Waals surface area contributed by atoms with E-state index in [1.807, 2.05) is 55.5 Å². The molecule has 3 nitrogen and oxygen atoms in total. The van der Waals surface area contributed by atoms with Gasteiger partial charge < -0.3 is 9.15 Å². The van der Waals surface area contributed by atoms with Crippen LogP contribution in [-0.2, 0) is 6.61 Å². The van der Waals surface area contributed by atoms with Crippen LogP contribution in [0.4, 0.5) is 0 Å². The smallest absolute Gasteiger partial charge is 0.231 e. The first-order chi connectivity index (χ1) is 13.8. The molecular formula is C25H19NO2. The number of nitrogens with zero attached hydrogens (tertiary/aromatic N) is 1. The highest BCUT2D eigenvalue weighted by Crippen LogP contribution is 2.36. The largest absolute Gasteiger partial charge is 0.488 e. The Morgan fingerprint density at radius 1 is 0.821 bits per heavy atom. The second kappa shape index (κ2) is 6.86. The second-order valence-electron chi connectivity index (χ2n) is 6.96. The Balaban J connectivity index is 1.62. The summed E-state index contributed by atoms with van der Waals surface area (Å²) in [5.74, 6) is 1.35. The number of rotatable bonds is 4. The summed E-state index contributed by atoms with van der Waals surface area (Å²) >= 11 is 0. The number of hydrogen-bond acceptors (Lipinski definition) is 3. The number of hydrogen-bond donors (Lipinski definition) is 0. The highest BCUT2D eigenvalue weighted by Gasteiger charge is 2.15. The van der Waals surface area contributed by atoms with Crippen molar-refractivity contribution >= 4 is 21.9 Å². The summed E-state index contributed by atoms with van der Waals surface area (Å²) < 4.78 is 12.3. The van der Waals surface area contributed by atoms with E-state index in [2.05, 4.69) is 36.4 Å². The summed E-state index contributed by atoms with van der Waals surface area (Å²) in [5, 5.41) is 2.25. The number of oxazole rings is 1. The molecule has 0 aliphatic rings. The van der Waals surface area contributed by atoms with E-state index in [0.717, 1.165) is 44.3 Å². The molecule has 0 aliphatic heterocycles. The van der Waals surface area contributed by atoms with Gasteiger partial charge in [-0.2, -0.15) is 0 Å². The zero-order chi connectivity index (χ0) is 18.9. The lowest BCUT2D eigenvalue weighted by atomic mass is 10.1. The summed E-state index contributed by atoms with van der Waals surface area (Å²) in [4.78, 5) is 4.70. The van der Waals surface area contributed by atoms with Gasteiger partial charge in [0, 0.05) is 0 Å². The van der Waals surface area contributed by atoms with Gasteiger partial charge in [-0.05, 0) is 53.1 Å². The van der Waals surface area contributed by atoms with Gasteiger partial charge in [0.15, 0.2) is 5.58 Å². The van der Waals surface area contributed by atoms with Crippen molar-refractivity contribution in [2.75, 3.05) is 0 Å². The molecule has 0 amide bonds. The molecule has 4 aromatic carbocycles. The maximum absolute atomic E-state index is 6.21. The van der Waals surface area contributed by atoms with Gasteiger partial charge in [-0.15, -0.1) is 0 Å². The molecule has 5 aromatic rings. The van der Waals surface area contributed by atoms with E-state index in [9.17, 15) is 0 Å². The standard InChI is InChI=1S/C25H19NO2/c1-17-11-12-22-24(13-17)28-25(26-22)21-14-19-9-5-6-10-20(19)15-23(21)27-16-18-7-3-2-4-8-18/h2-15H,16H2,1H3. The molecule has 0 N–H and O–H groups in total. The minimum absolute atomic E-state index is 0.492. The van der Waals surface area contributed by atoms with Gasteiger partial charge in [-0.25, -0.2) is 4.98 Å². The zero-order valence-electron chi connectivity index (χ0n) is 15.6. The Hall–Kier alpha value is -3.59. The average molecular weight is 365 g/mol. The summed E-state index contributed by atoms with van der Waals surface area (Å²) in [6, 6.07) is 28.6. The summed E-state index contributed by atoms with van der Waals surface area (Å²) in [5.41, 5.74) is 4.77. The van der Waals surface area contributed by atoms with E-state index in [0.29, 0.717) is 12.5 Å². The number of ether oxygens (including phenoxy) is 1. The predicted octanol–water partition coefficient (Wildman–Crippen LogP) is 6.54. The molecular weight excluding hydrogens is 346 g/mol. The number of aromatic nitrogens is 1. The molecule has 0 saturated heterocycles. The topological polar surface area (TPSA) is 35.3 Å². The molecule has 0 fully saturated rings. The monoisotopic (exact) mass is 365 g/mol. The van der Waals surface area contributed by atoms with Crippen LogP contribution in [0.2, 0.25) is 0 Å². The number of aryl methyl sites for hydroxylation is 1. The first-order valence-corrected chi connectivity index (χ1v) is 9.33. The molecule has 28 heavy (non-hydrogen) atoms. The molecule has 0 bridgehead atoms. The Morgan fingerprint density at radius 3 is 2.39 bits per heavy atom.